The number of aryl methyl sites for hydroxylation is 2. The molecule has 0 bridgehead atoms. The molecule has 0 saturated heterocycles. The van der Waals surface area contributed by atoms with E-state index in [4.69, 9.17) is 14.0 Å². The van der Waals surface area contributed by atoms with Crippen molar-refractivity contribution in [1.29, 1.82) is 0 Å². The number of aromatic hydroxyl groups is 1. The van der Waals surface area contributed by atoms with Crippen molar-refractivity contribution in [1.82, 2.24) is 10.5 Å². The molecule has 0 aliphatic carbocycles. The summed E-state index contributed by atoms with van der Waals surface area (Å²) >= 11 is 0. The number of hydrogen-bond donors (Lipinski definition) is 2. The third kappa shape index (κ3) is 3.28. The zero-order valence-corrected chi connectivity index (χ0v) is 12.7. The van der Waals surface area contributed by atoms with Crippen LogP contribution < -0.4 is 14.8 Å². The lowest BCUT2D eigenvalue weighted by molar-refractivity contribution is 0.339. The molecule has 6 heteroatoms. The van der Waals surface area contributed by atoms with Crippen molar-refractivity contribution in [3.05, 3.63) is 34.7 Å². The van der Waals surface area contributed by atoms with Crippen LogP contribution in [0.15, 0.2) is 16.7 Å². The largest absolute Gasteiger partial charge is 0.502 e. The van der Waals surface area contributed by atoms with E-state index in [0.717, 1.165) is 22.6 Å². The molecular weight excluding hydrogens is 272 g/mol. The monoisotopic (exact) mass is 292 g/mol. The third-order valence-electron chi connectivity index (χ3n) is 3.35. The number of benzene rings is 1. The average Bonchev–Trinajstić information content (AvgIpc) is 2.80. The van der Waals surface area contributed by atoms with Crippen LogP contribution >= 0.6 is 0 Å². The van der Waals surface area contributed by atoms with Gasteiger partial charge in [-0.1, -0.05) is 5.16 Å². The fourth-order valence-corrected chi connectivity index (χ4v) is 2.14. The molecule has 1 heterocycles. The zero-order chi connectivity index (χ0) is 15.4. The lowest BCUT2D eigenvalue weighted by Gasteiger charge is -2.12. The van der Waals surface area contributed by atoms with E-state index in [1.54, 1.807) is 12.1 Å². The molecule has 0 radical (unpaired) electrons. The Morgan fingerprint density at radius 1 is 1.14 bits per heavy atom. The highest BCUT2D eigenvalue weighted by atomic mass is 16.5. The minimum atomic E-state index is 0.00877. The predicted molar refractivity (Wildman–Crippen MR) is 77.7 cm³/mol. The number of methoxy groups -OCH3 is 2. The van der Waals surface area contributed by atoms with Gasteiger partial charge in [-0.15, -0.1) is 0 Å². The Kier molecular flexibility index (Phi) is 4.70. The van der Waals surface area contributed by atoms with Crippen molar-refractivity contribution in [3.8, 4) is 17.2 Å². The van der Waals surface area contributed by atoms with Crippen LogP contribution in [-0.4, -0.2) is 24.5 Å². The number of phenolic OH excluding ortho intramolecular Hbond substituents is 1. The highest BCUT2D eigenvalue weighted by Crippen LogP contribution is 2.37. The van der Waals surface area contributed by atoms with Crippen molar-refractivity contribution < 1.29 is 19.1 Å². The second kappa shape index (κ2) is 6.49. The Hall–Kier alpha value is -2.21. The summed E-state index contributed by atoms with van der Waals surface area (Å²) in [6.07, 6.45) is 0. The van der Waals surface area contributed by atoms with Gasteiger partial charge in [0.15, 0.2) is 11.5 Å². The molecule has 0 unspecified atom stereocenters. The lowest BCUT2D eigenvalue weighted by Crippen LogP contribution is -2.13. The van der Waals surface area contributed by atoms with Crippen LogP contribution in [-0.2, 0) is 13.1 Å². The number of ether oxygens (including phenoxy) is 2. The van der Waals surface area contributed by atoms with Gasteiger partial charge in [0.25, 0.3) is 0 Å². The molecule has 2 rings (SSSR count). The second-order valence-corrected chi connectivity index (χ2v) is 4.76. The first-order valence-electron chi connectivity index (χ1n) is 6.63. The first-order chi connectivity index (χ1) is 10.1. The van der Waals surface area contributed by atoms with Crippen LogP contribution in [0.25, 0.3) is 0 Å². The SMILES string of the molecule is COc1cc(CNCc2c(C)noc2C)cc(OC)c1O. The Bertz CT molecular complexity index is 578. The minimum absolute atomic E-state index is 0.00877. The van der Waals surface area contributed by atoms with Crippen LogP contribution in [0.4, 0.5) is 0 Å². The van der Waals surface area contributed by atoms with E-state index >= 15 is 0 Å². The molecule has 0 atom stereocenters. The van der Waals surface area contributed by atoms with Gasteiger partial charge in [-0.05, 0) is 31.5 Å². The second-order valence-electron chi connectivity index (χ2n) is 4.76. The maximum Gasteiger partial charge on any atom is 0.200 e. The Balaban J connectivity index is 2.06. The normalized spacial score (nSPS) is 10.7. The van der Waals surface area contributed by atoms with E-state index in [1.807, 2.05) is 13.8 Å². The Morgan fingerprint density at radius 2 is 1.76 bits per heavy atom. The summed E-state index contributed by atoms with van der Waals surface area (Å²) in [7, 11) is 3.02. The summed E-state index contributed by atoms with van der Waals surface area (Å²) in [5, 5.41) is 17.1. The van der Waals surface area contributed by atoms with Gasteiger partial charge in [0.2, 0.25) is 5.75 Å². The summed E-state index contributed by atoms with van der Waals surface area (Å²) in [5.74, 6) is 1.61. The molecule has 0 aliphatic rings. The first-order valence-corrected chi connectivity index (χ1v) is 6.63. The van der Waals surface area contributed by atoms with Crippen molar-refractivity contribution in [3.63, 3.8) is 0 Å². The molecule has 1 aromatic carbocycles. The molecular formula is C15H20N2O4. The van der Waals surface area contributed by atoms with Crippen molar-refractivity contribution >= 4 is 0 Å². The molecule has 0 spiro atoms. The topological polar surface area (TPSA) is 76.8 Å². The van der Waals surface area contributed by atoms with E-state index in [0.29, 0.717) is 24.6 Å². The standard InChI is InChI=1S/C15H20N2O4/c1-9-12(10(2)21-17-9)8-16-7-11-5-13(19-3)15(18)14(6-11)20-4/h5-6,16,18H,7-8H2,1-4H3. The summed E-state index contributed by atoms with van der Waals surface area (Å²) in [5.41, 5.74) is 2.90. The lowest BCUT2D eigenvalue weighted by atomic mass is 10.1. The molecule has 2 aromatic rings. The number of nitrogens with zero attached hydrogens (tertiary/aromatic N) is 1. The van der Waals surface area contributed by atoms with Gasteiger partial charge in [0, 0.05) is 18.7 Å². The molecule has 6 nitrogen and oxygen atoms in total. The maximum absolute atomic E-state index is 9.87. The van der Waals surface area contributed by atoms with Gasteiger partial charge in [0.05, 0.1) is 19.9 Å². The van der Waals surface area contributed by atoms with E-state index in [2.05, 4.69) is 10.5 Å². The van der Waals surface area contributed by atoms with Crippen LogP contribution in [0.3, 0.4) is 0 Å². The number of aromatic nitrogens is 1. The molecule has 0 aliphatic heterocycles. The molecule has 21 heavy (non-hydrogen) atoms. The van der Waals surface area contributed by atoms with Gasteiger partial charge in [-0.25, -0.2) is 0 Å². The first kappa shape index (κ1) is 15.2. The number of hydrogen-bond acceptors (Lipinski definition) is 6. The summed E-state index contributed by atoms with van der Waals surface area (Å²) in [4.78, 5) is 0. The fourth-order valence-electron chi connectivity index (χ4n) is 2.14. The van der Waals surface area contributed by atoms with E-state index in [-0.39, 0.29) is 5.75 Å². The predicted octanol–water partition coefficient (Wildman–Crippen LogP) is 2.30. The molecule has 1 aromatic heterocycles. The summed E-state index contributed by atoms with van der Waals surface area (Å²) in [6, 6.07) is 3.55. The molecule has 0 saturated carbocycles. The van der Waals surface area contributed by atoms with Crippen molar-refractivity contribution in [2.45, 2.75) is 26.9 Å². The quantitative estimate of drug-likeness (QED) is 0.850. The van der Waals surface area contributed by atoms with E-state index < -0.39 is 0 Å². The third-order valence-corrected chi connectivity index (χ3v) is 3.35. The molecule has 2 N–H and O–H groups in total. The smallest absolute Gasteiger partial charge is 0.200 e. The molecule has 0 amide bonds. The molecule has 114 valence electrons. The van der Waals surface area contributed by atoms with E-state index in [1.165, 1.54) is 14.2 Å². The fraction of sp³-hybridized carbons (Fsp3) is 0.400. The van der Waals surface area contributed by atoms with Gasteiger partial charge >= 0.3 is 0 Å². The van der Waals surface area contributed by atoms with Crippen LogP contribution in [0.1, 0.15) is 22.6 Å². The van der Waals surface area contributed by atoms with Crippen LogP contribution in [0, 0.1) is 13.8 Å². The summed E-state index contributed by atoms with van der Waals surface area (Å²) < 4.78 is 15.4. The number of phenols is 1. The van der Waals surface area contributed by atoms with Gasteiger partial charge in [0.1, 0.15) is 5.76 Å². The van der Waals surface area contributed by atoms with Crippen LogP contribution in [0.5, 0.6) is 17.2 Å². The van der Waals surface area contributed by atoms with Gasteiger partial charge < -0.3 is 24.4 Å². The summed E-state index contributed by atoms with van der Waals surface area (Å²) in [6.45, 7) is 5.08. The van der Waals surface area contributed by atoms with Gasteiger partial charge in [-0.3, -0.25) is 0 Å². The van der Waals surface area contributed by atoms with Crippen molar-refractivity contribution in [2.75, 3.05) is 14.2 Å². The Labute approximate surface area is 123 Å². The number of nitrogens with one attached hydrogen (secondary N) is 1. The molecule has 0 fully saturated rings. The van der Waals surface area contributed by atoms with Crippen LogP contribution in [0.2, 0.25) is 0 Å². The van der Waals surface area contributed by atoms with Gasteiger partial charge in [-0.2, -0.15) is 0 Å². The Morgan fingerprint density at radius 3 is 2.24 bits per heavy atom. The van der Waals surface area contributed by atoms with E-state index in [9.17, 15) is 5.11 Å². The average molecular weight is 292 g/mol. The zero-order valence-electron chi connectivity index (χ0n) is 12.7. The van der Waals surface area contributed by atoms with Crippen molar-refractivity contribution in [2.24, 2.45) is 0 Å². The number of rotatable bonds is 6. The highest BCUT2D eigenvalue weighted by Gasteiger charge is 2.12. The minimum Gasteiger partial charge on any atom is -0.502 e. The highest BCUT2D eigenvalue weighted by molar-refractivity contribution is 5.52. The maximum atomic E-state index is 9.87.